The molecule has 11 heteroatoms. The molecule has 0 spiro atoms. The van der Waals surface area contributed by atoms with Crippen LogP contribution in [0.15, 0.2) is 44.3 Å². The van der Waals surface area contributed by atoms with Crippen LogP contribution < -0.4 is 5.32 Å². The zero-order valence-corrected chi connectivity index (χ0v) is 17.9. The van der Waals surface area contributed by atoms with Crippen molar-refractivity contribution in [1.29, 1.82) is 0 Å². The van der Waals surface area contributed by atoms with Gasteiger partial charge in [-0.2, -0.15) is 4.31 Å². The predicted octanol–water partition coefficient (Wildman–Crippen LogP) is 2.17. The summed E-state index contributed by atoms with van der Waals surface area (Å²) in [5.74, 6) is -1.43. The number of nitrogens with zero attached hydrogens (tertiary/aromatic N) is 1. The van der Waals surface area contributed by atoms with Crippen molar-refractivity contribution in [3.05, 3.63) is 46.3 Å². The largest absolute Gasteiger partial charge is 0.450 e. The van der Waals surface area contributed by atoms with Crippen LogP contribution in [0, 0.1) is 6.92 Å². The molecule has 0 bridgehead atoms. The summed E-state index contributed by atoms with van der Waals surface area (Å²) in [5.41, 5.74) is 0.988. The first kappa shape index (κ1) is 21.5. The first-order valence-corrected chi connectivity index (χ1v) is 10.9. The maximum absolute atomic E-state index is 12.8. The third kappa shape index (κ3) is 5.24. The van der Waals surface area contributed by atoms with Crippen LogP contribution in [0.1, 0.15) is 16.1 Å². The highest BCUT2D eigenvalue weighted by Gasteiger charge is 2.27. The molecule has 0 aliphatic carbocycles. The molecular weight excluding hydrogens is 468 g/mol. The zero-order valence-electron chi connectivity index (χ0n) is 15.5. The van der Waals surface area contributed by atoms with E-state index in [1.165, 1.54) is 28.6 Å². The van der Waals surface area contributed by atoms with Gasteiger partial charge < -0.3 is 19.2 Å². The predicted molar refractivity (Wildman–Crippen MR) is 106 cm³/mol. The van der Waals surface area contributed by atoms with Gasteiger partial charge in [-0.25, -0.2) is 13.2 Å². The third-order valence-electron chi connectivity index (χ3n) is 4.20. The molecule has 1 N–H and O–H groups in total. The van der Waals surface area contributed by atoms with Crippen molar-refractivity contribution in [1.82, 2.24) is 4.31 Å². The second-order valence-electron chi connectivity index (χ2n) is 6.22. The number of halogens is 1. The van der Waals surface area contributed by atoms with Crippen LogP contribution >= 0.6 is 15.9 Å². The van der Waals surface area contributed by atoms with Crippen LogP contribution in [-0.2, 0) is 24.3 Å². The lowest BCUT2D eigenvalue weighted by atomic mass is 10.2. The third-order valence-corrected chi connectivity index (χ3v) is 6.52. The highest BCUT2D eigenvalue weighted by atomic mass is 79.9. The molecular formula is C18H19BrN2O7S. The monoisotopic (exact) mass is 486 g/mol. The fourth-order valence-corrected chi connectivity index (χ4v) is 4.39. The highest BCUT2D eigenvalue weighted by Crippen LogP contribution is 2.23. The number of sulfonamides is 1. The lowest BCUT2D eigenvalue weighted by Crippen LogP contribution is -2.40. The number of hydrogen-bond donors (Lipinski definition) is 1. The lowest BCUT2D eigenvalue weighted by Gasteiger charge is -2.26. The Morgan fingerprint density at radius 2 is 1.93 bits per heavy atom. The summed E-state index contributed by atoms with van der Waals surface area (Å²) in [6.07, 6.45) is 0. The molecule has 156 valence electrons. The minimum Gasteiger partial charge on any atom is -0.450 e. The summed E-state index contributed by atoms with van der Waals surface area (Å²) in [6, 6.07) is 7.43. The van der Waals surface area contributed by atoms with Gasteiger partial charge in [-0.05, 0) is 52.7 Å². The molecule has 1 aliphatic heterocycles. The van der Waals surface area contributed by atoms with E-state index >= 15 is 0 Å². The first-order chi connectivity index (χ1) is 13.8. The number of carbonyl (C=O) groups is 2. The van der Waals surface area contributed by atoms with Crippen LogP contribution in [0.4, 0.5) is 5.69 Å². The Hall–Kier alpha value is -2.21. The maximum Gasteiger partial charge on any atom is 0.374 e. The number of aryl methyl sites for hydroxylation is 1. The summed E-state index contributed by atoms with van der Waals surface area (Å²) in [5, 5.41) is 2.57. The molecule has 1 aromatic heterocycles. The van der Waals surface area contributed by atoms with Crippen LogP contribution in [0.2, 0.25) is 0 Å². The van der Waals surface area contributed by atoms with E-state index in [9.17, 15) is 18.0 Å². The van der Waals surface area contributed by atoms with Gasteiger partial charge in [-0.15, -0.1) is 0 Å². The van der Waals surface area contributed by atoms with Crippen LogP contribution in [0.3, 0.4) is 0 Å². The van der Waals surface area contributed by atoms with E-state index in [0.29, 0.717) is 29.1 Å². The Morgan fingerprint density at radius 3 is 2.59 bits per heavy atom. The normalized spacial score (nSPS) is 15.1. The Bertz CT molecular complexity index is 1010. The van der Waals surface area contributed by atoms with Gasteiger partial charge in [-0.3, -0.25) is 4.79 Å². The molecule has 2 heterocycles. The van der Waals surface area contributed by atoms with Crippen molar-refractivity contribution in [2.75, 3.05) is 38.2 Å². The minimum absolute atomic E-state index is 0.0422. The topological polar surface area (TPSA) is 115 Å². The molecule has 0 unspecified atom stereocenters. The van der Waals surface area contributed by atoms with Crippen molar-refractivity contribution in [2.24, 2.45) is 0 Å². The van der Waals surface area contributed by atoms with E-state index in [-0.39, 0.29) is 23.7 Å². The second kappa shape index (κ2) is 9.08. The number of nitrogens with one attached hydrogen (secondary N) is 1. The molecule has 0 saturated carbocycles. The van der Waals surface area contributed by atoms with Crippen LogP contribution in [-0.4, -0.2) is 57.5 Å². The van der Waals surface area contributed by atoms with Gasteiger partial charge in [-0.1, -0.05) is 6.07 Å². The molecule has 1 amide bonds. The number of anilines is 1. The minimum atomic E-state index is -3.70. The Kier molecular flexibility index (Phi) is 6.73. The van der Waals surface area contributed by atoms with Crippen molar-refractivity contribution in [3.8, 4) is 0 Å². The summed E-state index contributed by atoms with van der Waals surface area (Å²) in [4.78, 5) is 24.1. The number of morpholine rings is 1. The molecule has 1 saturated heterocycles. The fourth-order valence-electron chi connectivity index (χ4n) is 2.64. The number of furan rings is 1. The zero-order chi connectivity index (χ0) is 21.0. The first-order valence-electron chi connectivity index (χ1n) is 8.68. The lowest BCUT2D eigenvalue weighted by molar-refractivity contribution is -0.119. The number of hydrogen-bond acceptors (Lipinski definition) is 7. The standard InChI is InChI=1S/C18H19BrN2O7S/c1-12-2-3-13(29(24,25)21-6-8-26-9-7-21)10-14(12)20-17(22)11-27-18(23)15-4-5-16(19)28-15/h2-5,10H,6-9,11H2,1H3,(H,20,22). The fraction of sp³-hybridized carbons (Fsp3) is 0.333. The molecule has 1 aliphatic rings. The van der Waals surface area contributed by atoms with E-state index in [1.807, 2.05) is 0 Å². The Morgan fingerprint density at radius 1 is 1.21 bits per heavy atom. The van der Waals surface area contributed by atoms with E-state index < -0.39 is 28.5 Å². The molecule has 0 radical (unpaired) electrons. The average molecular weight is 487 g/mol. The molecule has 9 nitrogen and oxygen atoms in total. The second-order valence-corrected chi connectivity index (χ2v) is 8.94. The molecule has 29 heavy (non-hydrogen) atoms. The van der Waals surface area contributed by atoms with Crippen molar-refractivity contribution in [2.45, 2.75) is 11.8 Å². The number of ether oxygens (including phenoxy) is 2. The quantitative estimate of drug-likeness (QED) is 0.621. The number of esters is 1. The molecule has 3 rings (SSSR count). The number of carbonyl (C=O) groups excluding carboxylic acids is 2. The van der Waals surface area contributed by atoms with Crippen molar-refractivity contribution in [3.63, 3.8) is 0 Å². The smallest absolute Gasteiger partial charge is 0.374 e. The number of amides is 1. The van der Waals surface area contributed by atoms with Gasteiger partial charge in [0.05, 0.1) is 18.1 Å². The van der Waals surface area contributed by atoms with Gasteiger partial charge >= 0.3 is 5.97 Å². The molecule has 2 aromatic rings. The number of rotatable bonds is 6. The van der Waals surface area contributed by atoms with Gasteiger partial charge in [0.2, 0.25) is 15.8 Å². The van der Waals surface area contributed by atoms with Crippen molar-refractivity contribution >= 4 is 43.5 Å². The summed E-state index contributed by atoms with van der Waals surface area (Å²) in [7, 11) is -3.70. The van der Waals surface area contributed by atoms with Gasteiger partial charge in [0.15, 0.2) is 11.3 Å². The van der Waals surface area contributed by atoms with Crippen LogP contribution in [0.25, 0.3) is 0 Å². The Labute approximate surface area is 176 Å². The summed E-state index contributed by atoms with van der Waals surface area (Å²) in [6.45, 7) is 2.41. The van der Waals surface area contributed by atoms with E-state index in [1.54, 1.807) is 13.0 Å². The van der Waals surface area contributed by atoms with Gasteiger partial charge in [0.1, 0.15) is 0 Å². The van der Waals surface area contributed by atoms with E-state index in [2.05, 4.69) is 21.2 Å². The number of benzene rings is 1. The van der Waals surface area contributed by atoms with Crippen LogP contribution in [0.5, 0.6) is 0 Å². The summed E-state index contributed by atoms with van der Waals surface area (Å²) >= 11 is 3.07. The maximum atomic E-state index is 12.8. The highest BCUT2D eigenvalue weighted by molar-refractivity contribution is 9.10. The van der Waals surface area contributed by atoms with E-state index in [4.69, 9.17) is 13.9 Å². The SMILES string of the molecule is Cc1ccc(S(=O)(=O)N2CCOCC2)cc1NC(=O)COC(=O)c1ccc(Br)o1. The van der Waals surface area contributed by atoms with E-state index in [0.717, 1.165) is 0 Å². The van der Waals surface area contributed by atoms with Gasteiger partial charge in [0.25, 0.3) is 5.91 Å². The summed E-state index contributed by atoms with van der Waals surface area (Å²) < 4.78 is 42.4. The average Bonchev–Trinajstić information content (AvgIpc) is 3.15. The van der Waals surface area contributed by atoms with Gasteiger partial charge in [0, 0.05) is 18.8 Å². The molecule has 1 aromatic carbocycles. The van der Waals surface area contributed by atoms with Crippen molar-refractivity contribution < 1.29 is 31.9 Å². The Balaban J connectivity index is 1.66. The molecule has 1 fully saturated rings. The molecule has 0 atom stereocenters.